The van der Waals surface area contributed by atoms with Gasteiger partial charge in [0.15, 0.2) is 0 Å². The molecule has 1 unspecified atom stereocenters. The van der Waals surface area contributed by atoms with Gasteiger partial charge in [0.25, 0.3) is 0 Å². The second kappa shape index (κ2) is 13.7. The summed E-state index contributed by atoms with van der Waals surface area (Å²) in [5, 5.41) is 14.0. The Labute approximate surface area is 144 Å². The Morgan fingerprint density at radius 1 is 1.00 bits per heavy atom. The van der Waals surface area contributed by atoms with Gasteiger partial charge in [-0.15, -0.1) is 0 Å². The minimum Gasteiger partial charge on any atom is -0.389 e. The molecule has 0 saturated heterocycles. The summed E-state index contributed by atoms with van der Waals surface area (Å²) in [4.78, 5) is 31.1. The summed E-state index contributed by atoms with van der Waals surface area (Å²) in [7, 11) is 0. The van der Waals surface area contributed by atoms with Gasteiger partial charge in [-0.3, -0.25) is 9.78 Å². The first kappa shape index (κ1) is 22.3. The first-order valence-electron chi connectivity index (χ1n) is 8.50. The Balaban J connectivity index is 3.89. The SMILES string of the molecule is C=C(C)C(=O)OOOC(=O)/C(C)=C/C(O)CCCCCCCCC. The zero-order valence-electron chi connectivity index (χ0n) is 15.0. The van der Waals surface area contributed by atoms with Crippen LogP contribution >= 0.6 is 0 Å². The topological polar surface area (TPSA) is 82.1 Å². The van der Waals surface area contributed by atoms with Crippen LogP contribution in [0.1, 0.15) is 72.1 Å². The highest BCUT2D eigenvalue weighted by atomic mass is 17.5. The van der Waals surface area contributed by atoms with Crippen LogP contribution in [0.5, 0.6) is 0 Å². The van der Waals surface area contributed by atoms with E-state index in [2.05, 4.69) is 28.3 Å². The average Bonchev–Trinajstić information content (AvgIpc) is 2.53. The van der Waals surface area contributed by atoms with E-state index in [1.54, 1.807) is 0 Å². The monoisotopic (exact) mass is 342 g/mol. The lowest BCUT2D eigenvalue weighted by Gasteiger charge is -2.07. The Kier molecular flexibility index (Phi) is 12.8. The van der Waals surface area contributed by atoms with E-state index in [9.17, 15) is 14.7 Å². The maximum Gasteiger partial charge on any atom is 0.372 e. The summed E-state index contributed by atoms with van der Waals surface area (Å²) in [6.45, 7) is 8.45. The van der Waals surface area contributed by atoms with Gasteiger partial charge in [0, 0.05) is 16.2 Å². The third-order valence-corrected chi connectivity index (χ3v) is 3.44. The Morgan fingerprint density at radius 2 is 1.54 bits per heavy atom. The molecule has 0 aromatic rings. The number of hydrogen-bond acceptors (Lipinski definition) is 6. The van der Waals surface area contributed by atoms with Gasteiger partial charge >= 0.3 is 11.9 Å². The van der Waals surface area contributed by atoms with Crippen LogP contribution in [0.4, 0.5) is 0 Å². The van der Waals surface area contributed by atoms with E-state index in [0.717, 1.165) is 12.8 Å². The second-order valence-corrected chi connectivity index (χ2v) is 5.92. The summed E-state index contributed by atoms with van der Waals surface area (Å²) in [5.41, 5.74) is 0.292. The fraction of sp³-hybridized carbons (Fsp3) is 0.667. The molecule has 0 aliphatic rings. The largest absolute Gasteiger partial charge is 0.389 e. The molecule has 0 aromatic heterocycles. The van der Waals surface area contributed by atoms with E-state index in [-0.39, 0.29) is 11.1 Å². The minimum atomic E-state index is -0.830. The van der Waals surface area contributed by atoms with E-state index in [1.165, 1.54) is 52.0 Å². The van der Waals surface area contributed by atoms with Crippen LogP contribution in [0.15, 0.2) is 23.8 Å². The quantitative estimate of drug-likeness (QED) is 0.236. The lowest BCUT2D eigenvalue weighted by molar-refractivity contribution is -0.456. The van der Waals surface area contributed by atoms with Crippen LogP contribution in [0.3, 0.4) is 0 Å². The molecule has 6 nitrogen and oxygen atoms in total. The highest BCUT2D eigenvalue weighted by molar-refractivity contribution is 5.88. The fourth-order valence-electron chi connectivity index (χ4n) is 1.97. The van der Waals surface area contributed by atoms with Crippen molar-refractivity contribution in [3.8, 4) is 0 Å². The molecular weight excluding hydrogens is 312 g/mol. The lowest BCUT2D eigenvalue weighted by atomic mass is 10.1. The van der Waals surface area contributed by atoms with Crippen molar-refractivity contribution in [2.45, 2.75) is 78.2 Å². The van der Waals surface area contributed by atoms with E-state index in [1.807, 2.05) is 0 Å². The Hall–Kier alpha value is -1.66. The number of carbonyl (C=O) groups excluding carboxylic acids is 2. The number of unbranched alkanes of at least 4 members (excludes halogenated alkanes) is 6. The molecule has 6 heteroatoms. The van der Waals surface area contributed by atoms with E-state index in [4.69, 9.17) is 0 Å². The van der Waals surface area contributed by atoms with E-state index < -0.39 is 18.0 Å². The molecule has 0 rings (SSSR count). The summed E-state index contributed by atoms with van der Waals surface area (Å²) >= 11 is 0. The summed E-state index contributed by atoms with van der Waals surface area (Å²) in [6, 6.07) is 0. The Morgan fingerprint density at radius 3 is 2.12 bits per heavy atom. The number of carbonyl (C=O) groups is 2. The van der Waals surface area contributed by atoms with Crippen molar-refractivity contribution >= 4 is 11.9 Å². The van der Waals surface area contributed by atoms with Gasteiger partial charge in [0.05, 0.1) is 6.10 Å². The van der Waals surface area contributed by atoms with Gasteiger partial charge in [0.1, 0.15) is 0 Å². The third kappa shape index (κ3) is 11.8. The summed E-state index contributed by atoms with van der Waals surface area (Å²) in [5.74, 6) is -1.66. The molecule has 0 radical (unpaired) electrons. The molecule has 0 aliphatic heterocycles. The number of aliphatic hydroxyl groups excluding tert-OH is 1. The number of rotatable bonds is 13. The van der Waals surface area contributed by atoms with Gasteiger partial charge < -0.3 is 5.11 Å². The molecule has 0 saturated carbocycles. The van der Waals surface area contributed by atoms with E-state index >= 15 is 0 Å². The number of aliphatic hydroxyl groups is 1. The molecule has 0 amide bonds. The van der Waals surface area contributed by atoms with Gasteiger partial charge in [0.2, 0.25) is 0 Å². The zero-order valence-corrected chi connectivity index (χ0v) is 15.0. The maximum atomic E-state index is 11.6. The molecule has 24 heavy (non-hydrogen) atoms. The minimum absolute atomic E-state index is 0.114. The van der Waals surface area contributed by atoms with Crippen molar-refractivity contribution in [1.29, 1.82) is 0 Å². The highest BCUT2D eigenvalue weighted by Gasteiger charge is 2.12. The standard InChI is InChI=1S/C18H30O6/c1-5-6-7-8-9-10-11-12-16(19)13-15(4)18(21)23-24-22-17(20)14(2)3/h13,16,19H,2,5-12H2,1,3-4H3/b15-13+. The van der Waals surface area contributed by atoms with Crippen LogP contribution in [-0.2, 0) is 24.4 Å². The molecular formula is C18H30O6. The summed E-state index contributed by atoms with van der Waals surface area (Å²) < 4.78 is 0. The Bertz CT molecular complexity index is 427. The molecule has 1 atom stereocenters. The molecule has 1 N–H and O–H groups in total. The second-order valence-electron chi connectivity index (χ2n) is 5.92. The summed E-state index contributed by atoms with van der Waals surface area (Å²) in [6.07, 6.45) is 9.41. The predicted octanol–water partition coefficient (Wildman–Crippen LogP) is 3.94. The third-order valence-electron chi connectivity index (χ3n) is 3.44. The van der Waals surface area contributed by atoms with Crippen molar-refractivity contribution in [2.24, 2.45) is 0 Å². The van der Waals surface area contributed by atoms with Crippen molar-refractivity contribution in [2.75, 3.05) is 0 Å². The van der Waals surface area contributed by atoms with Gasteiger partial charge in [-0.25, -0.2) is 9.59 Å². The van der Waals surface area contributed by atoms with Gasteiger partial charge in [-0.1, -0.05) is 58.4 Å². The first-order valence-corrected chi connectivity index (χ1v) is 8.50. The fourth-order valence-corrected chi connectivity index (χ4v) is 1.97. The normalized spacial score (nSPS) is 12.6. The molecule has 0 spiro atoms. The van der Waals surface area contributed by atoms with Crippen LogP contribution in [-0.4, -0.2) is 23.1 Å². The smallest absolute Gasteiger partial charge is 0.372 e. The van der Waals surface area contributed by atoms with Crippen molar-refractivity contribution in [3.63, 3.8) is 0 Å². The maximum absolute atomic E-state index is 11.6. The number of hydrogen-bond donors (Lipinski definition) is 1. The molecule has 138 valence electrons. The molecule has 0 bridgehead atoms. The molecule has 0 heterocycles. The average molecular weight is 342 g/mol. The van der Waals surface area contributed by atoms with Crippen molar-refractivity contribution in [3.05, 3.63) is 23.8 Å². The van der Waals surface area contributed by atoms with Gasteiger partial charge in [-0.2, -0.15) is 0 Å². The molecule has 0 aliphatic carbocycles. The van der Waals surface area contributed by atoms with E-state index in [0.29, 0.717) is 6.42 Å². The van der Waals surface area contributed by atoms with Gasteiger partial charge in [-0.05, 0) is 26.3 Å². The van der Waals surface area contributed by atoms with Crippen LogP contribution in [0, 0.1) is 0 Å². The first-order chi connectivity index (χ1) is 11.4. The van der Waals surface area contributed by atoms with Crippen molar-refractivity contribution in [1.82, 2.24) is 0 Å². The van der Waals surface area contributed by atoms with Crippen LogP contribution in [0.2, 0.25) is 0 Å². The lowest BCUT2D eigenvalue weighted by Crippen LogP contribution is -2.13. The molecule has 0 aromatic carbocycles. The highest BCUT2D eigenvalue weighted by Crippen LogP contribution is 2.11. The van der Waals surface area contributed by atoms with Crippen LogP contribution in [0.25, 0.3) is 0 Å². The van der Waals surface area contributed by atoms with Crippen LogP contribution < -0.4 is 0 Å². The predicted molar refractivity (Wildman–Crippen MR) is 90.5 cm³/mol. The van der Waals surface area contributed by atoms with Crippen molar-refractivity contribution < 1.29 is 29.5 Å². The zero-order chi connectivity index (χ0) is 18.4. The molecule has 0 fully saturated rings.